The van der Waals surface area contributed by atoms with Crippen molar-refractivity contribution in [3.8, 4) is 5.75 Å². The summed E-state index contributed by atoms with van der Waals surface area (Å²) in [5.74, 6) is 0.517. The summed E-state index contributed by atoms with van der Waals surface area (Å²) in [4.78, 5) is 11.6. The second-order valence-corrected chi connectivity index (χ2v) is 7.11. The Bertz CT molecular complexity index is 965. The van der Waals surface area contributed by atoms with Gasteiger partial charge in [-0.2, -0.15) is 0 Å². The average Bonchev–Trinajstić information content (AvgIpc) is 2.80. The van der Waals surface area contributed by atoms with Crippen molar-refractivity contribution in [2.75, 3.05) is 18.5 Å². The number of esters is 1. The number of para-hydroxylation sites is 1. The highest BCUT2D eigenvalue weighted by Crippen LogP contribution is 2.24. The van der Waals surface area contributed by atoms with Crippen molar-refractivity contribution in [3.63, 3.8) is 0 Å². The van der Waals surface area contributed by atoms with Crippen molar-refractivity contribution in [3.05, 3.63) is 96.1 Å². The van der Waals surface area contributed by atoms with Gasteiger partial charge in [0.05, 0.1) is 13.2 Å². The first-order valence-corrected chi connectivity index (χ1v) is 10.7. The lowest BCUT2D eigenvalue weighted by Crippen LogP contribution is -1.99. The van der Waals surface area contributed by atoms with Gasteiger partial charge in [0, 0.05) is 17.5 Å². The predicted molar refractivity (Wildman–Crippen MR) is 127 cm³/mol. The largest absolute Gasteiger partial charge is 0.494 e. The number of carbonyl (C=O) groups excluding carboxylic acids is 1. The second kappa shape index (κ2) is 12.2. The van der Waals surface area contributed by atoms with E-state index in [0.717, 1.165) is 42.0 Å². The molecule has 3 aromatic carbocycles. The van der Waals surface area contributed by atoms with Gasteiger partial charge in [-0.3, -0.25) is 0 Å². The summed E-state index contributed by atoms with van der Waals surface area (Å²) in [6, 6.07) is 26.3. The molecule has 160 valence electrons. The third-order valence-corrected chi connectivity index (χ3v) is 4.75. The molecule has 4 nitrogen and oxygen atoms in total. The number of aryl methyl sites for hydroxylation is 1. The van der Waals surface area contributed by atoms with E-state index in [9.17, 15) is 4.79 Å². The Kier molecular flexibility index (Phi) is 8.74. The third kappa shape index (κ3) is 7.67. The Labute approximate surface area is 184 Å². The minimum absolute atomic E-state index is 0.345. The Morgan fingerprint density at radius 3 is 2.42 bits per heavy atom. The molecule has 0 unspecified atom stereocenters. The monoisotopic (exact) mass is 415 g/mol. The summed E-state index contributed by atoms with van der Waals surface area (Å²) in [7, 11) is 0. The van der Waals surface area contributed by atoms with Gasteiger partial charge < -0.3 is 14.8 Å². The van der Waals surface area contributed by atoms with E-state index < -0.39 is 0 Å². The molecule has 0 bridgehead atoms. The fourth-order valence-corrected chi connectivity index (χ4v) is 3.16. The molecule has 31 heavy (non-hydrogen) atoms. The van der Waals surface area contributed by atoms with E-state index >= 15 is 0 Å². The summed E-state index contributed by atoms with van der Waals surface area (Å²) in [6.07, 6.45) is 6.41. The number of hydrogen-bond acceptors (Lipinski definition) is 4. The van der Waals surface area contributed by atoms with Crippen LogP contribution < -0.4 is 10.1 Å². The van der Waals surface area contributed by atoms with E-state index in [2.05, 4.69) is 29.6 Å². The zero-order valence-corrected chi connectivity index (χ0v) is 17.9. The Morgan fingerprint density at radius 2 is 1.65 bits per heavy atom. The van der Waals surface area contributed by atoms with Crippen LogP contribution in [0.2, 0.25) is 0 Å². The van der Waals surface area contributed by atoms with Crippen LogP contribution in [-0.2, 0) is 16.0 Å². The van der Waals surface area contributed by atoms with Gasteiger partial charge in [0.1, 0.15) is 5.75 Å². The molecule has 0 fully saturated rings. The van der Waals surface area contributed by atoms with Crippen LogP contribution in [0.4, 0.5) is 11.4 Å². The fourth-order valence-electron chi connectivity index (χ4n) is 3.16. The maximum Gasteiger partial charge on any atom is 0.330 e. The lowest BCUT2D eigenvalue weighted by molar-refractivity contribution is -0.137. The van der Waals surface area contributed by atoms with Crippen molar-refractivity contribution in [1.29, 1.82) is 0 Å². The molecular weight excluding hydrogens is 386 g/mol. The summed E-state index contributed by atoms with van der Waals surface area (Å²) in [5.41, 5.74) is 4.15. The molecule has 3 aromatic rings. The molecule has 1 N–H and O–H groups in total. The lowest BCUT2D eigenvalue weighted by Gasteiger charge is -2.11. The van der Waals surface area contributed by atoms with E-state index in [4.69, 9.17) is 9.47 Å². The minimum Gasteiger partial charge on any atom is -0.494 e. The molecule has 0 aliphatic heterocycles. The molecule has 0 spiro atoms. The normalized spacial score (nSPS) is 10.7. The number of benzene rings is 3. The summed E-state index contributed by atoms with van der Waals surface area (Å²) in [6.45, 7) is 2.87. The smallest absolute Gasteiger partial charge is 0.330 e. The number of unbranched alkanes of at least 4 members (excludes halogenated alkanes) is 1. The maximum atomic E-state index is 11.6. The molecule has 0 aliphatic rings. The van der Waals surface area contributed by atoms with Crippen LogP contribution in [0.5, 0.6) is 5.75 Å². The van der Waals surface area contributed by atoms with Gasteiger partial charge in [0.2, 0.25) is 0 Å². The van der Waals surface area contributed by atoms with Gasteiger partial charge in [0.15, 0.2) is 0 Å². The van der Waals surface area contributed by atoms with E-state index in [1.165, 1.54) is 11.6 Å². The van der Waals surface area contributed by atoms with Crippen molar-refractivity contribution < 1.29 is 14.3 Å². The number of carbonyl (C=O) groups is 1. The van der Waals surface area contributed by atoms with Gasteiger partial charge in [-0.25, -0.2) is 4.79 Å². The molecule has 0 radical (unpaired) electrons. The number of ether oxygens (including phenoxy) is 2. The maximum absolute atomic E-state index is 11.6. The zero-order chi connectivity index (χ0) is 21.7. The summed E-state index contributed by atoms with van der Waals surface area (Å²) >= 11 is 0. The molecule has 0 saturated heterocycles. The third-order valence-electron chi connectivity index (χ3n) is 4.75. The van der Waals surface area contributed by atoms with Crippen LogP contribution >= 0.6 is 0 Å². The van der Waals surface area contributed by atoms with Gasteiger partial charge in [-0.1, -0.05) is 48.5 Å². The quantitative estimate of drug-likeness (QED) is 0.223. The predicted octanol–water partition coefficient (Wildman–Crippen LogP) is 6.41. The van der Waals surface area contributed by atoms with Crippen LogP contribution in [0, 0.1) is 0 Å². The van der Waals surface area contributed by atoms with Crippen molar-refractivity contribution in [2.24, 2.45) is 0 Å². The van der Waals surface area contributed by atoms with E-state index in [1.54, 1.807) is 13.0 Å². The zero-order valence-electron chi connectivity index (χ0n) is 17.9. The first-order valence-electron chi connectivity index (χ1n) is 10.7. The average molecular weight is 416 g/mol. The highest BCUT2D eigenvalue weighted by atomic mass is 16.5. The van der Waals surface area contributed by atoms with E-state index in [1.807, 2.05) is 54.6 Å². The first-order chi connectivity index (χ1) is 15.2. The van der Waals surface area contributed by atoms with Gasteiger partial charge >= 0.3 is 5.97 Å². The molecule has 0 atom stereocenters. The fraction of sp³-hybridized carbons (Fsp3) is 0.222. The van der Waals surface area contributed by atoms with Crippen LogP contribution in [0.25, 0.3) is 6.08 Å². The first kappa shape index (κ1) is 22.2. The van der Waals surface area contributed by atoms with Crippen LogP contribution in [-0.4, -0.2) is 19.2 Å². The number of rotatable bonds is 11. The van der Waals surface area contributed by atoms with E-state index in [0.29, 0.717) is 13.2 Å². The lowest BCUT2D eigenvalue weighted by atomic mass is 10.1. The Hall–Kier alpha value is -3.53. The molecular formula is C27H29NO3. The standard InChI is InChI=1S/C27H29NO3/c1-2-30-27(29)20-15-23-13-6-7-14-26(23)28-24-16-18-25(19-17-24)31-21-9-8-12-22-10-4-3-5-11-22/h3-7,10-11,13-20,28H,2,8-9,12,21H2,1H3/b20-15+. The molecule has 0 heterocycles. The van der Waals surface area contributed by atoms with E-state index in [-0.39, 0.29) is 5.97 Å². The second-order valence-electron chi connectivity index (χ2n) is 7.11. The van der Waals surface area contributed by atoms with Gasteiger partial charge in [-0.15, -0.1) is 0 Å². The SMILES string of the molecule is CCOC(=O)/C=C/c1ccccc1Nc1ccc(OCCCCc2ccccc2)cc1. The number of hydrogen-bond donors (Lipinski definition) is 1. The highest BCUT2D eigenvalue weighted by Gasteiger charge is 2.02. The molecule has 4 heteroatoms. The van der Waals surface area contributed by atoms with Crippen LogP contribution in [0.1, 0.15) is 30.9 Å². The topological polar surface area (TPSA) is 47.6 Å². The van der Waals surface area contributed by atoms with Crippen molar-refractivity contribution >= 4 is 23.4 Å². The molecule has 0 aliphatic carbocycles. The van der Waals surface area contributed by atoms with Crippen molar-refractivity contribution in [2.45, 2.75) is 26.2 Å². The summed E-state index contributed by atoms with van der Waals surface area (Å²) < 4.78 is 10.8. The Balaban J connectivity index is 1.48. The van der Waals surface area contributed by atoms with Crippen molar-refractivity contribution in [1.82, 2.24) is 0 Å². The molecule has 3 rings (SSSR count). The Morgan fingerprint density at radius 1 is 0.903 bits per heavy atom. The number of anilines is 2. The van der Waals surface area contributed by atoms with Gasteiger partial charge in [0.25, 0.3) is 0 Å². The summed E-state index contributed by atoms with van der Waals surface area (Å²) in [5, 5.41) is 3.39. The van der Waals surface area contributed by atoms with Crippen LogP contribution in [0.15, 0.2) is 84.9 Å². The minimum atomic E-state index is -0.345. The number of nitrogens with one attached hydrogen (secondary N) is 1. The molecule has 0 amide bonds. The van der Waals surface area contributed by atoms with Crippen LogP contribution in [0.3, 0.4) is 0 Å². The molecule has 0 aromatic heterocycles. The highest BCUT2D eigenvalue weighted by molar-refractivity contribution is 5.88. The molecule has 0 saturated carbocycles. The van der Waals surface area contributed by atoms with Gasteiger partial charge in [-0.05, 0) is 73.7 Å².